The fourth-order valence-corrected chi connectivity index (χ4v) is 4.63. The quantitative estimate of drug-likeness (QED) is 0.341. The van der Waals surface area contributed by atoms with Gasteiger partial charge in [0.05, 0.1) is 22.8 Å². The molecule has 4 N–H and O–H groups in total. The van der Waals surface area contributed by atoms with Crippen molar-refractivity contribution in [1.82, 2.24) is 19.8 Å². The summed E-state index contributed by atoms with van der Waals surface area (Å²) in [5.41, 5.74) is 3.05. The number of phenolic OH excluding ortho intramolecular Hbond substituents is 1. The van der Waals surface area contributed by atoms with E-state index < -0.39 is 17.9 Å². The monoisotopic (exact) mass is 444 g/mol. The first-order valence-corrected chi connectivity index (χ1v) is 10.7. The number of aromatic nitrogens is 2. The van der Waals surface area contributed by atoms with Gasteiger partial charge in [0, 0.05) is 52.9 Å². The molecule has 2 amide bonds. The van der Waals surface area contributed by atoms with Crippen LogP contribution in [0, 0.1) is 0 Å². The van der Waals surface area contributed by atoms with Crippen LogP contribution in [0.1, 0.15) is 11.1 Å². The van der Waals surface area contributed by atoms with Gasteiger partial charge in [0.2, 0.25) is 0 Å². The number of aromatic amines is 1. The van der Waals surface area contributed by atoms with Gasteiger partial charge in [-0.15, -0.1) is 0 Å². The molecule has 0 radical (unpaired) electrons. The zero-order valence-electron chi connectivity index (χ0n) is 18.3. The molecule has 1 unspecified atom stereocenters. The van der Waals surface area contributed by atoms with Gasteiger partial charge in [-0.05, 0) is 32.3 Å². The first kappa shape index (κ1) is 21.0. The van der Waals surface area contributed by atoms with Crippen molar-refractivity contribution in [3.05, 3.63) is 66.0 Å². The molecule has 8 heteroatoms. The Hall–Kier alpha value is -3.88. The van der Waals surface area contributed by atoms with E-state index in [-0.39, 0.29) is 23.4 Å². The van der Waals surface area contributed by atoms with Gasteiger partial charge in [0.15, 0.2) is 0 Å². The molecule has 4 aromatic rings. The van der Waals surface area contributed by atoms with Gasteiger partial charge in [-0.3, -0.25) is 14.9 Å². The molecule has 1 aliphatic heterocycles. The lowest BCUT2D eigenvalue weighted by Gasteiger charge is -2.17. The second-order valence-electron chi connectivity index (χ2n) is 8.56. The number of phenols is 1. The van der Waals surface area contributed by atoms with Crippen LogP contribution >= 0.6 is 0 Å². The Bertz CT molecular complexity index is 1440. The predicted molar refractivity (Wildman–Crippen MR) is 126 cm³/mol. The summed E-state index contributed by atoms with van der Waals surface area (Å²) < 4.78 is 1.81. The number of carbonyl (C=O) groups excluding carboxylic acids is 2. The third kappa shape index (κ3) is 3.49. The second kappa shape index (κ2) is 7.91. The molecule has 8 nitrogen and oxygen atoms in total. The molecule has 1 aliphatic rings. The molecule has 33 heavy (non-hydrogen) atoms. The highest BCUT2D eigenvalue weighted by atomic mass is 16.3. The third-order valence-corrected chi connectivity index (χ3v) is 5.93. The lowest BCUT2D eigenvalue weighted by atomic mass is 9.95. The van der Waals surface area contributed by atoms with Gasteiger partial charge < -0.3 is 24.7 Å². The highest BCUT2D eigenvalue weighted by molar-refractivity contribution is 6.50. The Kier molecular flexibility index (Phi) is 5.03. The fourth-order valence-electron chi connectivity index (χ4n) is 4.63. The van der Waals surface area contributed by atoms with E-state index in [0.717, 1.165) is 10.9 Å². The average molecular weight is 444 g/mol. The van der Waals surface area contributed by atoms with Gasteiger partial charge >= 0.3 is 0 Å². The summed E-state index contributed by atoms with van der Waals surface area (Å²) in [5, 5.41) is 24.9. The first-order chi connectivity index (χ1) is 15.8. The van der Waals surface area contributed by atoms with Crippen molar-refractivity contribution in [3.63, 3.8) is 0 Å². The summed E-state index contributed by atoms with van der Waals surface area (Å²) >= 11 is 0. The topological polar surface area (TPSA) is 111 Å². The second-order valence-corrected chi connectivity index (χ2v) is 8.56. The first-order valence-electron chi connectivity index (χ1n) is 10.7. The number of benzene rings is 2. The summed E-state index contributed by atoms with van der Waals surface area (Å²) in [6.07, 6.45) is 2.79. The van der Waals surface area contributed by atoms with Crippen molar-refractivity contribution in [2.45, 2.75) is 12.6 Å². The number of aliphatic hydroxyl groups is 1. The normalized spacial score (nSPS) is 15.3. The van der Waals surface area contributed by atoms with Gasteiger partial charge in [-0.25, -0.2) is 0 Å². The van der Waals surface area contributed by atoms with Crippen molar-refractivity contribution in [2.24, 2.45) is 0 Å². The van der Waals surface area contributed by atoms with Crippen LogP contribution < -0.4 is 5.32 Å². The molecule has 0 spiro atoms. The SMILES string of the molecule is CN(C)CC(O)Cn1cc(C2=C(c3c[nH]c4ccccc34)C(=O)NC2=O)c2c(O)cccc21. The van der Waals surface area contributed by atoms with Crippen LogP contribution in [0.15, 0.2) is 54.9 Å². The number of nitrogens with zero attached hydrogens (tertiary/aromatic N) is 2. The minimum atomic E-state index is -0.660. The van der Waals surface area contributed by atoms with E-state index in [1.54, 1.807) is 24.5 Å². The number of likely N-dealkylation sites (N-methyl/N-ethyl adjacent to an activating group) is 1. The molecule has 2 aromatic carbocycles. The number of nitrogens with one attached hydrogen (secondary N) is 2. The maximum absolute atomic E-state index is 13.0. The maximum Gasteiger partial charge on any atom is 0.259 e. The van der Waals surface area contributed by atoms with E-state index in [4.69, 9.17) is 0 Å². The molecule has 0 bridgehead atoms. The van der Waals surface area contributed by atoms with E-state index >= 15 is 0 Å². The van der Waals surface area contributed by atoms with Crippen LogP contribution in [0.5, 0.6) is 5.75 Å². The van der Waals surface area contributed by atoms with Crippen LogP contribution in [0.4, 0.5) is 0 Å². The number of aliphatic hydroxyl groups excluding tert-OH is 1. The number of hydrogen-bond acceptors (Lipinski definition) is 5. The average Bonchev–Trinajstić information content (AvgIpc) is 3.41. The summed E-state index contributed by atoms with van der Waals surface area (Å²) in [4.78, 5) is 31.0. The number of amides is 2. The molecular weight excluding hydrogens is 420 g/mol. The van der Waals surface area contributed by atoms with Crippen LogP contribution in [-0.2, 0) is 16.1 Å². The van der Waals surface area contributed by atoms with Crippen molar-refractivity contribution in [2.75, 3.05) is 20.6 Å². The van der Waals surface area contributed by atoms with Gasteiger partial charge in [-0.1, -0.05) is 24.3 Å². The predicted octanol–water partition coefficient (Wildman–Crippen LogP) is 2.32. The van der Waals surface area contributed by atoms with E-state index in [2.05, 4.69) is 10.3 Å². The van der Waals surface area contributed by atoms with Gasteiger partial charge in [-0.2, -0.15) is 0 Å². The molecule has 168 valence electrons. The van der Waals surface area contributed by atoms with Crippen molar-refractivity contribution >= 4 is 44.8 Å². The lowest BCUT2D eigenvalue weighted by molar-refractivity contribution is -0.122. The molecule has 0 aliphatic carbocycles. The van der Waals surface area contributed by atoms with Crippen LogP contribution in [0.2, 0.25) is 0 Å². The number of carbonyl (C=O) groups is 2. The minimum absolute atomic E-state index is 0.00118. The largest absolute Gasteiger partial charge is 0.507 e. The van der Waals surface area contributed by atoms with Gasteiger partial charge in [0.1, 0.15) is 5.75 Å². The van der Waals surface area contributed by atoms with Crippen LogP contribution in [0.3, 0.4) is 0 Å². The summed E-state index contributed by atoms with van der Waals surface area (Å²) in [5.74, 6) is -0.999. The fraction of sp³-hybridized carbons (Fsp3) is 0.200. The number of hydrogen-bond donors (Lipinski definition) is 4. The summed E-state index contributed by atoms with van der Waals surface area (Å²) in [6, 6.07) is 12.6. The number of rotatable bonds is 6. The molecule has 0 saturated carbocycles. The highest BCUT2D eigenvalue weighted by Crippen LogP contribution is 2.40. The van der Waals surface area contributed by atoms with E-state index in [1.165, 1.54) is 0 Å². The minimum Gasteiger partial charge on any atom is -0.507 e. The van der Waals surface area contributed by atoms with Crippen molar-refractivity contribution < 1.29 is 19.8 Å². The zero-order valence-corrected chi connectivity index (χ0v) is 18.3. The molecule has 2 aromatic heterocycles. The van der Waals surface area contributed by atoms with Crippen molar-refractivity contribution in [3.8, 4) is 5.75 Å². The number of fused-ring (bicyclic) bond motifs is 2. The number of imide groups is 1. The molecule has 0 saturated heterocycles. The van der Waals surface area contributed by atoms with E-state index in [1.807, 2.05) is 53.9 Å². The molecule has 5 rings (SSSR count). The van der Waals surface area contributed by atoms with Crippen molar-refractivity contribution in [1.29, 1.82) is 0 Å². The molecular formula is C25H24N4O4. The van der Waals surface area contributed by atoms with E-state index in [0.29, 0.717) is 28.6 Å². The number of aromatic hydroxyl groups is 1. The van der Waals surface area contributed by atoms with Gasteiger partial charge in [0.25, 0.3) is 11.8 Å². The van der Waals surface area contributed by atoms with Crippen LogP contribution in [-0.4, -0.2) is 63.2 Å². The third-order valence-electron chi connectivity index (χ3n) is 5.93. The number of para-hydroxylation sites is 1. The highest BCUT2D eigenvalue weighted by Gasteiger charge is 2.35. The summed E-state index contributed by atoms with van der Waals surface area (Å²) in [6.45, 7) is 0.722. The Morgan fingerprint density at radius 2 is 1.73 bits per heavy atom. The standard InChI is InChI=1S/C25H24N4O4/c1-28(2)11-14(30)12-29-13-17(21-19(29)8-5-9-20(21)31)23-22(24(32)27-25(23)33)16-10-26-18-7-4-3-6-15(16)18/h3-10,13-14,26,30-31H,11-12H2,1-2H3,(H,27,32,33). The smallest absolute Gasteiger partial charge is 0.259 e. The molecule has 0 fully saturated rings. The lowest BCUT2D eigenvalue weighted by Crippen LogP contribution is -2.29. The Balaban J connectivity index is 1.75. The molecule has 3 heterocycles. The Morgan fingerprint density at radius 3 is 2.48 bits per heavy atom. The van der Waals surface area contributed by atoms with E-state index in [9.17, 15) is 19.8 Å². The maximum atomic E-state index is 13.0. The zero-order chi connectivity index (χ0) is 23.3. The Morgan fingerprint density at radius 1 is 1.00 bits per heavy atom. The van der Waals surface area contributed by atoms with Crippen LogP contribution in [0.25, 0.3) is 33.0 Å². The summed E-state index contributed by atoms with van der Waals surface area (Å²) in [7, 11) is 3.75. The Labute approximate surface area is 189 Å². The molecule has 1 atom stereocenters. The number of H-pyrrole nitrogens is 1.